The Hall–Kier alpha value is -1.67. The van der Waals surface area contributed by atoms with Gasteiger partial charge >= 0.3 is 6.18 Å². The van der Waals surface area contributed by atoms with Crippen LogP contribution in [0.2, 0.25) is 0 Å². The van der Waals surface area contributed by atoms with Gasteiger partial charge in [-0.1, -0.05) is 20.8 Å². The molecule has 0 aliphatic carbocycles. The topological polar surface area (TPSA) is 46.2 Å². The minimum Gasteiger partial charge on any atom is -0.313 e. The van der Waals surface area contributed by atoms with Gasteiger partial charge in [0.25, 0.3) is 5.91 Å². The molecule has 8 heteroatoms. The van der Waals surface area contributed by atoms with E-state index in [1.54, 1.807) is 32.2 Å². The van der Waals surface area contributed by atoms with Crippen molar-refractivity contribution < 1.29 is 22.8 Å². The highest BCUT2D eigenvalue weighted by Crippen LogP contribution is 2.35. The summed E-state index contributed by atoms with van der Waals surface area (Å²) in [4.78, 5) is 24.5. The summed E-state index contributed by atoms with van der Waals surface area (Å²) in [5, 5.41) is 6.34. The molecule has 3 nitrogen and oxygen atoms in total. The van der Waals surface area contributed by atoms with Gasteiger partial charge in [0.05, 0.1) is 16.7 Å². The molecule has 0 aliphatic heterocycles. The molecule has 0 bridgehead atoms. The second kappa shape index (κ2) is 6.09. The highest BCUT2D eigenvalue weighted by Gasteiger charge is 2.36. The number of rotatable bonds is 3. The Balaban J connectivity index is 2.29. The molecule has 0 radical (unpaired) electrons. The molecular formula is C15H14F3NO2S2. The van der Waals surface area contributed by atoms with E-state index in [4.69, 9.17) is 0 Å². The van der Waals surface area contributed by atoms with Crippen molar-refractivity contribution >= 4 is 39.4 Å². The van der Waals surface area contributed by atoms with E-state index in [-0.39, 0.29) is 10.8 Å². The molecule has 23 heavy (non-hydrogen) atoms. The molecule has 0 aromatic carbocycles. The number of anilines is 1. The lowest BCUT2D eigenvalue weighted by molar-refractivity contribution is -0.137. The Morgan fingerprint density at radius 1 is 1.09 bits per heavy atom. The first kappa shape index (κ1) is 17.7. The van der Waals surface area contributed by atoms with Crippen LogP contribution >= 0.6 is 22.7 Å². The average Bonchev–Trinajstić information content (AvgIpc) is 3.04. The number of Topliss-reactive ketones (excluding diaryl/α,β-unsaturated/α-hetero) is 1. The van der Waals surface area contributed by atoms with Crippen LogP contribution in [0.15, 0.2) is 22.2 Å². The third-order valence-electron chi connectivity index (χ3n) is 3.03. The predicted molar refractivity (Wildman–Crippen MR) is 85.4 cm³/mol. The highest BCUT2D eigenvalue weighted by molar-refractivity contribution is 7.14. The van der Waals surface area contributed by atoms with E-state index in [9.17, 15) is 22.8 Å². The SMILES string of the molecule is CC(C)(C)C(=O)c1ccsc1NC(=O)c1cscc1C(F)(F)F. The quantitative estimate of drug-likeness (QED) is 0.753. The lowest BCUT2D eigenvalue weighted by Gasteiger charge is -2.17. The number of halogens is 3. The lowest BCUT2D eigenvalue weighted by atomic mass is 9.87. The molecule has 124 valence electrons. The lowest BCUT2D eigenvalue weighted by Crippen LogP contribution is -2.22. The van der Waals surface area contributed by atoms with Gasteiger partial charge < -0.3 is 5.32 Å². The predicted octanol–water partition coefficient (Wildman–Crippen LogP) is 5.31. The maximum atomic E-state index is 12.9. The summed E-state index contributed by atoms with van der Waals surface area (Å²) < 4.78 is 38.6. The minimum atomic E-state index is -4.59. The van der Waals surface area contributed by atoms with E-state index >= 15 is 0 Å². The fourth-order valence-corrected chi connectivity index (χ4v) is 3.47. The number of alkyl halides is 3. The number of ketones is 1. The fourth-order valence-electron chi connectivity index (χ4n) is 1.85. The van der Waals surface area contributed by atoms with Crippen LogP contribution in [0.3, 0.4) is 0 Å². The summed E-state index contributed by atoms with van der Waals surface area (Å²) in [6, 6.07) is 1.56. The standard InChI is InChI=1S/C15H14F3NO2S2/c1-14(2,3)11(20)8-4-5-23-13(8)19-12(21)9-6-22-7-10(9)15(16,17)18/h4-7H,1-3H3,(H,19,21). The monoisotopic (exact) mass is 361 g/mol. The van der Waals surface area contributed by atoms with Crippen LogP contribution in [0, 0.1) is 5.41 Å². The first-order chi connectivity index (χ1) is 10.5. The second-order valence-corrected chi connectivity index (χ2v) is 7.55. The second-order valence-electron chi connectivity index (χ2n) is 5.89. The van der Waals surface area contributed by atoms with Crippen LogP contribution in [0.5, 0.6) is 0 Å². The zero-order valence-corrected chi connectivity index (χ0v) is 14.2. The van der Waals surface area contributed by atoms with E-state index in [1.165, 1.54) is 0 Å². The number of hydrogen-bond acceptors (Lipinski definition) is 4. The van der Waals surface area contributed by atoms with Gasteiger partial charge in [0.1, 0.15) is 5.00 Å². The number of hydrogen-bond donors (Lipinski definition) is 1. The average molecular weight is 361 g/mol. The normalized spacial score (nSPS) is 12.3. The van der Waals surface area contributed by atoms with Crippen LogP contribution in [0.25, 0.3) is 0 Å². The Kier molecular flexibility index (Phi) is 4.68. The number of carbonyl (C=O) groups is 2. The molecule has 2 heterocycles. The van der Waals surface area contributed by atoms with Crippen molar-refractivity contribution in [1.29, 1.82) is 0 Å². The third-order valence-corrected chi connectivity index (χ3v) is 4.60. The van der Waals surface area contributed by atoms with Crippen LogP contribution in [-0.4, -0.2) is 11.7 Å². The summed E-state index contributed by atoms with van der Waals surface area (Å²) in [7, 11) is 0. The summed E-state index contributed by atoms with van der Waals surface area (Å²) in [5.74, 6) is -1.06. The van der Waals surface area contributed by atoms with E-state index in [1.807, 2.05) is 0 Å². The maximum Gasteiger partial charge on any atom is 0.417 e. The molecule has 1 amide bonds. The van der Waals surface area contributed by atoms with Crippen LogP contribution in [-0.2, 0) is 6.18 Å². The number of amides is 1. The molecular weight excluding hydrogens is 347 g/mol. The molecule has 2 aromatic heterocycles. The molecule has 0 saturated carbocycles. The summed E-state index contributed by atoms with van der Waals surface area (Å²) in [6.07, 6.45) is -4.59. The Morgan fingerprint density at radius 3 is 2.30 bits per heavy atom. The van der Waals surface area contributed by atoms with Gasteiger partial charge in [-0.15, -0.1) is 11.3 Å². The molecule has 2 aromatic rings. The van der Waals surface area contributed by atoms with Crippen LogP contribution < -0.4 is 5.32 Å². The van der Waals surface area contributed by atoms with Crippen molar-refractivity contribution in [2.45, 2.75) is 26.9 Å². The van der Waals surface area contributed by atoms with Crippen LogP contribution in [0.1, 0.15) is 47.1 Å². The molecule has 0 spiro atoms. The smallest absolute Gasteiger partial charge is 0.313 e. The molecule has 0 aliphatic rings. The summed E-state index contributed by atoms with van der Waals surface area (Å²) in [6.45, 7) is 5.21. The maximum absolute atomic E-state index is 12.9. The van der Waals surface area contributed by atoms with Gasteiger partial charge in [0.15, 0.2) is 5.78 Å². The van der Waals surface area contributed by atoms with E-state index in [2.05, 4.69) is 5.32 Å². The Bertz CT molecular complexity index is 738. The van der Waals surface area contributed by atoms with Crippen molar-refractivity contribution in [2.75, 3.05) is 5.32 Å². The molecule has 2 rings (SSSR count). The first-order valence-corrected chi connectivity index (χ1v) is 8.41. The molecule has 0 unspecified atom stereocenters. The van der Waals surface area contributed by atoms with Gasteiger partial charge in [0.2, 0.25) is 0 Å². The van der Waals surface area contributed by atoms with Gasteiger partial charge in [0, 0.05) is 16.2 Å². The Morgan fingerprint density at radius 2 is 1.74 bits per heavy atom. The molecule has 0 atom stereocenters. The van der Waals surface area contributed by atoms with Crippen molar-refractivity contribution in [2.24, 2.45) is 5.41 Å². The van der Waals surface area contributed by atoms with Gasteiger partial charge in [-0.25, -0.2) is 0 Å². The first-order valence-electron chi connectivity index (χ1n) is 6.59. The van der Waals surface area contributed by atoms with Gasteiger partial charge in [-0.2, -0.15) is 24.5 Å². The summed E-state index contributed by atoms with van der Waals surface area (Å²) >= 11 is 1.91. The van der Waals surface area contributed by atoms with Gasteiger partial charge in [-0.3, -0.25) is 9.59 Å². The highest BCUT2D eigenvalue weighted by atomic mass is 32.1. The molecule has 0 fully saturated rings. The van der Waals surface area contributed by atoms with E-state index in [0.29, 0.717) is 5.56 Å². The zero-order valence-electron chi connectivity index (χ0n) is 12.6. The van der Waals surface area contributed by atoms with E-state index in [0.717, 1.165) is 33.4 Å². The van der Waals surface area contributed by atoms with Crippen molar-refractivity contribution in [3.8, 4) is 0 Å². The number of carbonyl (C=O) groups excluding carboxylic acids is 2. The van der Waals surface area contributed by atoms with Crippen LogP contribution in [0.4, 0.5) is 18.2 Å². The van der Waals surface area contributed by atoms with Gasteiger partial charge in [-0.05, 0) is 11.4 Å². The van der Waals surface area contributed by atoms with Crippen molar-refractivity contribution in [1.82, 2.24) is 0 Å². The largest absolute Gasteiger partial charge is 0.417 e. The number of nitrogens with one attached hydrogen (secondary N) is 1. The Labute approximate surface area is 139 Å². The zero-order chi connectivity index (χ0) is 17.4. The van der Waals surface area contributed by atoms with Crippen molar-refractivity contribution in [3.63, 3.8) is 0 Å². The minimum absolute atomic E-state index is 0.185. The fraction of sp³-hybridized carbons (Fsp3) is 0.333. The molecule has 1 N–H and O–H groups in total. The van der Waals surface area contributed by atoms with Crippen molar-refractivity contribution in [3.05, 3.63) is 38.9 Å². The number of thiophene rings is 2. The van der Waals surface area contributed by atoms with E-state index < -0.39 is 28.6 Å². The summed E-state index contributed by atoms with van der Waals surface area (Å²) in [5.41, 5.74) is -1.76. The third kappa shape index (κ3) is 3.81. The molecule has 0 saturated heterocycles.